The van der Waals surface area contributed by atoms with Gasteiger partial charge in [0.05, 0.1) is 12.2 Å². The van der Waals surface area contributed by atoms with E-state index < -0.39 is 5.60 Å². The van der Waals surface area contributed by atoms with Crippen LogP contribution in [0.25, 0.3) is 0 Å². The molecule has 1 aromatic carbocycles. The molecular weight excluding hydrogens is 224 g/mol. The van der Waals surface area contributed by atoms with E-state index in [-0.39, 0.29) is 5.92 Å². The molecule has 98 valence electrons. The van der Waals surface area contributed by atoms with Crippen molar-refractivity contribution in [2.45, 2.75) is 44.1 Å². The summed E-state index contributed by atoms with van der Waals surface area (Å²) in [4.78, 5) is 0. The van der Waals surface area contributed by atoms with Gasteiger partial charge in [0.25, 0.3) is 0 Å². The van der Waals surface area contributed by atoms with Crippen molar-refractivity contribution in [3.05, 3.63) is 35.4 Å². The molecule has 3 rings (SSSR count). The van der Waals surface area contributed by atoms with E-state index in [1.807, 2.05) is 6.07 Å². The third kappa shape index (κ3) is 1.88. The zero-order valence-electron chi connectivity index (χ0n) is 11.1. The normalized spacial score (nSPS) is 36.1. The Balaban J connectivity index is 1.99. The predicted octanol–water partition coefficient (Wildman–Crippen LogP) is 3.20. The molecule has 0 saturated carbocycles. The molecular formula is C16H22O2. The van der Waals surface area contributed by atoms with Gasteiger partial charge in [-0.3, -0.25) is 0 Å². The van der Waals surface area contributed by atoms with Crippen molar-refractivity contribution >= 4 is 0 Å². The van der Waals surface area contributed by atoms with Crippen molar-refractivity contribution in [3.63, 3.8) is 0 Å². The molecule has 3 atom stereocenters. The summed E-state index contributed by atoms with van der Waals surface area (Å²) in [7, 11) is 0. The summed E-state index contributed by atoms with van der Waals surface area (Å²) in [5.41, 5.74) is 1.82. The van der Waals surface area contributed by atoms with E-state index in [0.29, 0.717) is 12.5 Å². The Bertz CT molecular complexity index is 423. The fraction of sp³-hybridized carbons (Fsp3) is 0.625. The number of ether oxygens (including phenoxy) is 1. The van der Waals surface area contributed by atoms with Gasteiger partial charge in [-0.25, -0.2) is 0 Å². The van der Waals surface area contributed by atoms with Crippen LogP contribution in [0.2, 0.25) is 0 Å². The summed E-state index contributed by atoms with van der Waals surface area (Å²) in [6.07, 6.45) is 4.10. The number of hydrogen-bond donors (Lipinski definition) is 1. The number of benzene rings is 1. The second-order valence-corrected chi connectivity index (χ2v) is 5.87. The van der Waals surface area contributed by atoms with Crippen molar-refractivity contribution in [1.82, 2.24) is 0 Å². The summed E-state index contributed by atoms with van der Waals surface area (Å²) in [6.45, 7) is 3.82. The molecule has 1 saturated heterocycles. The first kappa shape index (κ1) is 12.2. The van der Waals surface area contributed by atoms with Gasteiger partial charge < -0.3 is 9.84 Å². The first-order valence-electron chi connectivity index (χ1n) is 7.11. The van der Waals surface area contributed by atoms with Crippen molar-refractivity contribution in [3.8, 4) is 0 Å². The number of fused-ring (bicyclic) bond motifs is 1. The molecule has 1 aromatic rings. The van der Waals surface area contributed by atoms with Crippen LogP contribution >= 0.6 is 0 Å². The highest BCUT2D eigenvalue weighted by molar-refractivity contribution is 5.37. The summed E-state index contributed by atoms with van der Waals surface area (Å²) in [5, 5.41) is 11.2. The van der Waals surface area contributed by atoms with Crippen molar-refractivity contribution in [2.24, 2.45) is 5.92 Å². The Kier molecular flexibility index (Phi) is 3.16. The lowest BCUT2D eigenvalue weighted by Crippen LogP contribution is -2.42. The summed E-state index contributed by atoms with van der Waals surface area (Å²) < 4.78 is 5.58. The SMILES string of the molecule is CC1CCC(O)(C2CCCOC2)c2ccccc21. The van der Waals surface area contributed by atoms with Crippen LogP contribution in [0.3, 0.4) is 0 Å². The molecule has 0 bridgehead atoms. The number of rotatable bonds is 1. The molecule has 0 aromatic heterocycles. The minimum Gasteiger partial charge on any atom is -0.385 e. The van der Waals surface area contributed by atoms with E-state index in [2.05, 4.69) is 25.1 Å². The third-order valence-electron chi connectivity index (χ3n) is 4.75. The molecule has 2 aliphatic rings. The van der Waals surface area contributed by atoms with Crippen molar-refractivity contribution < 1.29 is 9.84 Å². The Labute approximate surface area is 109 Å². The highest BCUT2D eigenvalue weighted by atomic mass is 16.5. The number of aliphatic hydroxyl groups is 1. The lowest BCUT2D eigenvalue weighted by molar-refractivity contribution is -0.0950. The van der Waals surface area contributed by atoms with E-state index in [9.17, 15) is 5.11 Å². The van der Waals surface area contributed by atoms with E-state index in [1.54, 1.807) is 0 Å². The average molecular weight is 246 g/mol. The van der Waals surface area contributed by atoms with Gasteiger partial charge in [0.2, 0.25) is 0 Å². The smallest absolute Gasteiger partial charge is 0.0949 e. The first-order valence-corrected chi connectivity index (χ1v) is 7.11. The van der Waals surface area contributed by atoms with Gasteiger partial charge in [0.15, 0.2) is 0 Å². The summed E-state index contributed by atoms with van der Waals surface area (Å²) in [5.74, 6) is 0.825. The van der Waals surface area contributed by atoms with E-state index in [0.717, 1.165) is 37.9 Å². The second-order valence-electron chi connectivity index (χ2n) is 5.87. The van der Waals surface area contributed by atoms with Gasteiger partial charge in [0.1, 0.15) is 0 Å². The third-order valence-corrected chi connectivity index (χ3v) is 4.75. The highest BCUT2D eigenvalue weighted by Gasteiger charge is 2.43. The van der Waals surface area contributed by atoms with Gasteiger partial charge in [-0.1, -0.05) is 31.2 Å². The monoisotopic (exact) mass is 246 g/mol. The quantitative estimate of drug-likeness (QED) is 0.824. The highest BCUT2D eigenvalue weighted by Crippen LogP contribution is 2.47. The Morgan fingerprint density at radius 3 is 2.89 bits per heavy atom. The Hall–Kier alpha value is -0.860. The standard InChI is InChI=1S/C16H22O2/c1-12-8-9-16(17,13-5-4-10-18-11-13)15-7-3-2-6-14(12)15/h2-3,6-7,12-13,17H,4-5,8-11H2,1H3. The topological polar surface area (TPSA) is 29.5 Å². The van der Waals surface area contributed by atoms with Gasteiger partial charge >= 0.3 is 0 Å². The molecule has 1 fully saturated rings. The van der Waals surface area contributed by atoms with Crippen LogP contribution in [0.1, 0.15) is 49.7 Å². The van der Waals surface area contributed by atoms with Gasteiger partial charge in [0, 0.05) is 12.5 Å². The lowest BCUT2D eigenvalue weighted by Gasteiger charge is -2.44. The van der Waals surface area contributed by atoms with E-state index in [1.165, 1.54) is 5.56 Å². The fourth-order valence-corrected chi connectivity index (χ4v) is 3.59. The predicted molar refractivity (Wildman–Crippen MR) is 71.5 cm³/mol. The van der Waals surface area contributed by atoms with E-state index >= 15 is 0 Å². The minimum absolute atomic E-state index is 0.264. The molecule has 18 heavy (non-hydrogen) atoms. The largest absolute Gasteiger partial charge is 0.385 e. The summed E-state index contributed by atoms with van der Waals surface area (Å²) >= 11 is 0. The zero-order valence-corrected chi connectivity index (χ0v) is 11.1. The Morgan fingerprint density at radius 2 is 2.11 bits per heavy atom. The molecule has 1 N–H and O–H groups in total. The molecule has 1 aliphatic carbocycles. The van der Waals surface area contributed by atoms with Gasteiger partial charge in [-0.2, -0.15) is 0 Å². The van der Waals surface area contributed by atoms with Crippen LogP contribution in [-0.4, -0.2) is 18.3 Å². The maximum absolute atomic E-state index is 11.2. The molecule has 0 amide bonds. The molecule has 2 nitrogen and oxygen atoms in total. The van der Waals surface area contributed by atoms with E-state index in [4.69, 9.17) is 4.74 Å². The maximum Gasteiger partial charge on any atom is 0.0949 e. The van der Waals surface area contributed by atoms with Gasteiger partial charge in [-0.15, -0.1) is 0 Å². The Morgan fingerprint density at radius 1 is 1.28 bits per heavy atom. The van der Waals surface area contributed by atoms with Crippen LogP contribution < -0.4 is 0 Å². The molecule has 1 heterocycles. The summed E-state index contributed by atoms with van der Waals surface area (Å²) in [6, 6.07) is 8.41. The lowest BCUT2D eigenvalue weighted by atomic mass is 9.67. The maximum atomic E-state index is 11.2. The molecule has 2 heteroatoms. The van der Waals surface area contributed by atoms with Crippen LogP contribution in [0.15, 0.2) is 24.3 Å². The first-order chi connectivity index (χ1) is 8.72. The van der Waals surface area contributed by atoms with Crippen LogP contribution in [-0.2, 0) is 10.3 Å². The second kappa shape index (κ2) is 4.67. The average Bonchev–Trinajstić information content (AvgIpc) is 2.44. The number of hydrogen-bond acceptors (Lipinski definition) is 2. The molecule has 1 aliphatic heterocycles. The van der Waals surface area contributed by atoms with Crippen LogP contribution in [0.5, 0.6) is 0 Å². The fourth-order valence-electron chi connectivity index (χ4n) is 3.59. The molecule has 3 unspecified atom stereocenters. The zero-order chi connectivity index (χ0) is 12.6. The molecule has 0 radical (unpaired) electrons. The van der Waals surface area contributed by atoms with Crippen molar-refractivity contribution in [2.75, 3.05) is 13.2 Å². The molecule has 0 spiro atoms. The van der Waals surface area contributed by atoms with Crippen LogP contribution in [0, 0.1) is 5.92 Å². The van der Waals surface area contributed by atoms with Gasteiger partial charge in [-0.05, 0) is 42.7 Å². The van der Waals surface area contributed by atoms with Crippen LogP contribution in [0.4, 0.5) is 0 Å². The minimum atomic E-state index is -0.663. The van der Waals surface area contributed by atoms with Crippen molar-refractivity contribution in [1.29, 1.82) is 0 Å².